The zero-order valence-electron chi connectivity index (χ0n) is 12.2. The maximum absolute atomic E-state index is 4.23. The summed E-state index contributed by atoms with van der Waals surface area (Å²) >= 11 is 0. The van der Waals surface area contributed by atoms with Crippen molar-refractivity contribution in [3.05, 3.63) is 12.2 Å². The first kappa shape index (κ1) is 13.5. The minimum absolute atomic E-state index is 0.238. The summed E-state index contributed by atoms with van der Waals surface area (Å²) in [5.41, 5.74) is 0.834. The van der Waals surface area contributed by atoms with Gasteiger partial charge in [-0.3, -0.25) is 5.10 Å². The van der Waals surface area contributed by atoms with E-state index < -0.39 is 0 Å². The summed E-state index contributed by atoms with van der Waals surface area (Å²) < 4.78 is 0. The van der Waals surface area contributed by atoms with Gasteiger partial charge in [-0.2, -0.15) is 5.10 Å². The van der Waals surface area contributed by atoms with E-state index in [1.54, 1.807) is 6.33 Å². The number of hydrogen-bond acceptors (Lipinski definition) is 3. The van der Waals surface area contributed by atoms with Crippen LogP contribution >= 0.6 is 0 Å². The summed E-state index contributed by atoms with van der Waals surface area (Å²) in [6.07, 6.45) is 5.33. The third kappa shape index (κ3) is 3.31. The SMILES string of the molecule is CC(NC1CC(C)(C)CC(C)(C)C1)c1ncn[nH]1. The number of nitrogens with one attached hydrogen (secondary N) is 2. The monoisotopic (exact) mass is 250 g/mol. The Hall–Kier alpha value is -0.900. The molecule has 102 valence electrons. The van der Waals surface area contributed by atoms with Gasteiger partial charge in [0, 0.05) is 6.04 Å². The molecule has 4 nitrogen and oxygen atoms in total. The van der Waals surface area contributed by atoms with Crippen LogP contribution in [0.15, 0.2) is 6.33 Å². The molecule has 1 unspecified atom stereocenters. The molecule has 1 aliphatic rings. The van der Waals surface area contributed by atoms with Crippen LogP contribution in [0.1, 0.15) is 65.7 Å². The average Bonchev–Trinajstić information content (AvgIpc) is 2.63. The Balaban J connectivity index is 2.01. The fourth-order valence-corrected chi connectivity index (χ4v) is 3.82. The van der Waals surface area contributed by atoms with Crippen molar-refractivity contribution in [3.8, 4) is 0 Å². The van der Waals surface area contributed by atoms with E-state index in [9.17, 15) is 0 Å². The lowest BCUT2D eigenvalue weighted by atomic mass is 9.63. The van der Waals surface area contributed by atoms with E-state index in [2.05, 4.69) is 55.1 Å². The van der Waals surface area contributed by atoms with E-state index in [0.29, 0.717) is 16.9 Å². The van der Waals surface area contributed by atoms with Crippen molar-refractivity contribution in [2.45, 2.75) is 66.0 Å². The van der Waals surface area contributed by atoms with Gasteiger partial charge in [0.05, 0.1) is 6.04 Å². The molecule has 1 aliphatic carbocycles. The molecule has 1 heterocycles. The van der Waals surface area contributed by atoms with Gasteiger partial charge in [0.25, 0.3) is 0 Å². The van der Waals surface area contributed by atoms with Crippen molar-refractivity contribution >= 4 is 0 Å². The van der Waals surface area contributed by atoms with Crippen molar-refractivity contribution in [3.63, 3.8) is 0 Å². The molecule has 0 bridgehead atoms. The molecule has 0 spiro atoms. The summed E-state index contributed by atoms with van der Waals surface area (Å²) in [4.78, 5) is 4.23. The second kappa shape index (κ2) is 4.65. The standard InChI is InChI=1S/C14H26N4/c1-10(12-15-9-16-18-12)17-11-6-13(2,3)8-14(4,5)7-11/h9-11,17H,6-8H2,1-5H3,(H,15,16,18). The predicted octanol–water partition coefficient (Wildman–Crippen LogP) is 3.06. The van der Waals surface area contributed by atoms with Gasteiger partial charge in [0.1, 0.15) is 12.2 Å². The van der Waals surface area contributed by atoms with Gasteiger partial charge in [0.2, 0.25) is 0 Å². The maximum Gasteiger partial charge on any atom is 0.141 e. The Kier molecular flexibility index (Phi) is 3.49. The molecular formula is C14H26N4. The largest absolute Gasteiger partial charge is 0.305 e. The van der Waals surface area contributed by atoms with Crippen LogP contribution in [0.4, 0.5) is 0 Å². The molecule has 1 fully saturated rings. The minimum Gasteiger partial charge on any atom is -0.305 e. The maximum atomic E-state index is 4.23. The van der Waals surface area contributed by atoms with Crippen LogP contribution in [-0.4, -0.2) is 21.2 Å². The predicted molar refractivity (Wildman–Crippen MR) is 73.1 cm³/mol. The van der Waals surface area contributed by atoms with Crippen molar-refractivity contribution in [1.82, 2.24) is 20.5 Å². The average molecular weight is 250 g/mol. The number of rotatable bonds is 3. The minimum atomic E-state index is 0.238. The van der Waals surface area contributed by atoms with Gasteiger partial charge in [-0.15, -0.1) is 0 Å². The zero-order valence-corrected chi connectivity index (χ0v) is 12.2. The summed E-state index contributed by atoms with van der Waals surface area (Å²) in [6, 6.07) is 0.797. The lowest BCUT2D eigenvalue weighted by Crippen LogP contribution is -2.44. The molecule has 0 amide bonds. The topological polar surface area (TPSA) is 53.6 Å². The highest BCUT2D eigenvalue weighted by molar-refractivity contribution is 4.96. The Morgan fingerprint density at radius 2 is 1.89 bits per heavy atom. The Morgan fingerprint density at radius 1 is 1.28 bits per heavy atom. The fourth-order valence-electron chi connectivity index (χ4n) is 3.82. The lowest BCUT2D eigenvalue weighted by molar-refractivity contribution is 0.0807. The number of H-pyrrole nitrogens is 1. The highest BCUT2D eigenvalue weighted by Crippen LogP contribution is 2.45. The molecule has 4 heteroatoms. The highest BCUT2D eigenvalue weighted by Gasteiger charge is 2.38. The van der Waals surface area contributed by atoms with E-state index in [1.807, 2.05) is 0 Å². The van der Waals surface area contributed by atoms with E-state index in [-0.39, 0.29) is 6.04 Å². The second-order valence-corrected chi connectivity index (χ2v) is 7.37. The van der Waals surface area contributed by atoms with Gasteiger partial charge < -0.3 is 5.32 Å². The molecule has 0 aromatic carbocycles. The summed E-state index contributed by atoms with van der Waals surface area (Å²) in [6.45, 7) is 11.7. The van der Waals surface area contributed by atoms with Gasteiger partial charge in [-0.1, -0.05) is 27.7 Å². The van der Waals surface area contributed by atoms with Crippen molar-refractivity contribution < 1.29 is 0 Å². The van der Waals surface area contributed by atoms with Crippen LogP contribution in [-0.2, 0) is 0 Å². The number of aromatic amines is 1. The van der Waals surface area contributed by atoms with Crippen LogP contribution in [0.3, 0.4) is 0 Å². The number of hydrogen-bond donors (Lipinski definition) is 2. The van der Waals surface area contributed by atoms with E-state index in [4.69, 9.17) is 0 Å². The molecule has 1 saturated carbocycles. The van der Waals surface area contributed by atoms with Gasteiger partial charge in [-0.05, 0) is 37.0 Å². The van der Waals surface area contributed by atoms with Crippen LogP contribution in [0.5, 0.6) is 0 Å². The molecule has 18 heavy (non-hydrogen) atoms. The summed E-state index contributed by atoms with van der Waals surface area (Å²) in [7, 11) is 0. The molecule has 2 rings (SSSR count). The molecule has 2 N–H and O–H groups in total. The molecule has 1 atom stereocenters. The summed E-state index contributed by atoms with van der Waals surface area (Å²) in [5.74, 6) is 0.927. The third-order valence-corrected chi connectivity index (χ3v) is 3.88. The van der Waals surface area contributed by atoms with Crippen LogP contribution in [0.2, 0.25) is 0 Å². The van der Waals surface area contributed by atoms with E-state index in [1.165, 1.54) is 19.3 Å². The molecule has 0 saturated heterocycles. The highest BCUT2D eigenvalue weighted by atomic mass is 15.2. The van der Waals surface area contributed by atoms with Gasteiger partial charge in [-0.25, -0.2) is 4.98 Å². The van der Waals surface area contributed by atoms with Crippen molar-refractivity contribution in [2.75, 3.05) is 0 Å². The van der Waals surface area contributed by atoms with Crippen molar-refractivity contribution in [2.24, 2.45) is 10.8 Å². The number of nitrogens with zero attached hydrogens (tertiary/aromatic N) is 2. The molecule has 1 aromatic heterocycles. The van der Waals surface area contributed by atoms with E-state index in [0.717, 1.165) is 5.82 Å². The smallest absolute Gasteiger partial charge is 0.141 e. The first-order valence-corrected chi connectivity index (χ1v) is 6.89. The van der Waals surface area contributed by atoms with Gasteiger partial charge in [0.15, 0.2) is 0 Å². The van der Waals surface area contributed by atoms with E-state index >= 15 is 0 Å². The van der Waals surface area contributed by atoms with Crippen LogP contribution in [0.25, 0.3) is 0 Å². The third-order valence-electron chi connectivity index (χ3n) is 3.88. The molecule has 0 radical (unpaired) electrons. The zero-order chi connectivity index (χ0) is 13.4. The number of aromatic nitrogens is 3. The summed E-state index contributed by atoms with van der Waals surface area (Å²) in [5, 5.41) is 10.6. The Morgan fingerprint density at radius 3 is 2.39 bits per heavy atom. The fraction of sp³-hybridized carbons (Fsp3) is 0.857. The van der Waals surface area contributed by atoms with Crippen LogP contribution < -0.4 is 5.32 Å². The lowest BCUT2D eigenvalue weighted by Gasteiger charge is -2.45. The molecular weight excluding hydrogens is 224 g/mol. The normalized spacial score (nSPS) is 24.9. The van der Waals surface area contributed by atoms with Crippen LogP contribution in [0, 0.1) is 10.8 Å². The Labute approximate surface area is 110 Å². The second-order valence-electron chi connectivity index (χ2n) is 7.37. The molecule has 0 aliphatic heterocycles. The quantitative estimate of drug-likeness (QED) is 0.867. The van der Waals surface area contributed by atoms with Gasteiger partial charge >= 0.3 is 0 Å². The first-order chi connectivity index (χ1) is 8.27. The van der Waals surface area contributed by atoms with Crippen molar-refractivity contribution in [1.29, 1.82) is 0 Å². The Bertz CT molecular complexity index is 365. The first-order valence-electron chi connectivity index (χ1n) is 6.89. The molecule has 1 aromatic rings.